The monoisotopic (exact) mass is 266 g/mol. The number of likely N-dealkylation sites (tertiary alicyclic amines) is 1. The molecule has 2 rings (SSSR count). The molecule has 1 fully saturated rings. The van der Waals surface area contributed by atoms with Gasteiger partial charge in [-0.1, -0.05) is 6.07 Å². The molecule has 0 saturated carbocycles. The number of ether oxygens (including phenoxy) is 1. The van der Waals surface area contributed by atoms with Gasteiger partial charge in [0, 0.05) is 24.2 Å². The molecule has 3 nitrogen and oxygen atoms in total. The maximum absolute atomic E-state index is 13.9. The van der Waals surface area contributed by atoms with Crippen molar-refractivity contribution in [3.05, 3.63) is 29.6 Å². The Balaban J connectivity index is 1.85. The van der Waals surface area contributed by atoms with Crippen LogP contribution in [0.5, 0.6) is 5.75 Å². The predicted octanol–water partition coefficient (Wildman–Crippen LogP) is 2.58. The maximum atomic E-state index is 13.9. The smallest absolute Gasteiger partial charge is 0.131 e. The van der Waals surface area contributed by atoms with E-state index >= 15 is 0 Å². The van der Waals surface area contributed by atoms with Gasteiger partial charge in [-0.05, 0) is 46.0 Å². The van der Waals surface area contributed by atoms with Crippen molar-refractivity contribution < 1.29 is 9.13 Å². The lowest BCUT2D eigenvalue weighted by Gasteiger charge is -2.16. The number of benzene rings is 1. The summed E-state index contributed by atoms with van der Waals surface area (Å²) in [6.07, 6.45) is 2.57. The third kappa shape index (κ3) is 3.91. The minimum atomic E-state index is -0.208. The molecule has 1 aliphatic rings. The number of halogens is 1. The largest absolute Gasteiger partial charge is 0.492 e. The average molecular weight is 266 g/mol. The van der Waals surface area contributed by atoms with Crippen LogP contribution in [0.4, 0.5) is 4.39 Å². The Morgan fingerprint density at radius 3 is 2.74 bits per heavy atom. The van der Waals surface area contributed by atoms with E-state index in [1.54, 1.807) is 6.07 Å². The van der Waals surface area contributed by atoms with Crippen molar-refractivity contribution in [3.63, 3.8) is 0 Å². The van der Waals surface area contributed by atoms with Gasteiger partial charge in [-0.15, -0.1) is 0 Å². The number of hydrogen-bond donors (Lipinski definition) is 1. The van der Waals surface area contributed by atoms with Crippen LogP contribution >= 0.6 is 0 Å². The molecule has 1 atom stereocenters. The van der Waals surface area contributed by atoms with Gasteiger partial charge in [0.15, 0.2) is 0 Å². The Morgan fingerprint density at radius 2 is 2.11 bits per heavy atom. The quantitative estimate of drug-likeness (QED) is 0.856. The lowest BCUT2D eigenvalue weighted by Crippen LogP contribution is -2.25. The van der Waals surface area contributed by atoms with Gasteiger partial charge in [-0.25, -0.2) is 4.39 Å². The van der Waals surface area contributed by atoms with Gasteiger partial charge in [0.05, 0.1) is 0 Å². The molecule has 19 heavy (non-hydrogen) atoms. The van der Waals surface area contributed by atoms with E-state index in [-0.39, 0.29) is 11.9 Å². The third-order valence-corrected chi connectivity index (χ3v) is 3.75. The van der Waals surface area contributed by atoms with Gasteiger partial charge in [-0.3, -0.25) is 4.90 Å². The zero-order chi connectivity index (χ0) is 13.7. The summed E-state index contributed by atoms with van der Waals surface area (Å²) in [6, 6.07) is 5.13. The highest BCUT2D eigenvalue weighted by Crippen LogP contribution is 2.21. The van der Waals surface area contributed by atoms with E-state index in [2.05, 4.69) is 10.2 Å². The molecular weight excluding hydrogens is 243 g/mol. The predicted molar refractivity (Wildman–Crippen MR) is 75.0 cm³/mol. The first-order valence-corrected chi connectivity index (χ1v) is 7.02. The molecule has 1 saturated heterocycles. The van der Waals surface area contributed by atoms with Crippen molar-refractivity contribution in [2.75, 3.05) is 33.3 Å². The third-order valence-electron chi connectivity index (χ3n) is 3.75. The van der Waals surface area contributed by atoms with Crippen LogP contribution in [-0.2, 0) is 0 Å². The molecule has 0 aromatic heterocycles. The first-order valence-electron chi connectivity index (χ1n) is 7.02. The van der Waals surface area contributed by atoms with Crippen molar-refractivity contribution in [2.24, 2.45) is 0 Å². The summed E-state index contributed by atoms with van der Waals surface area (Å²) >= 11 is 0. The van der Waals surface area contributed by atoms with Crippen molar-refractivity contribution in [3.8, 4) is 5.75 Å². The summed E-state index contributed by atoms with van der Waals surface area (Å²) in [5, 5.41) is 3.03. The summed E-state index contributed by atoms with van der Waals surface area (Å²) in [5.41, 5.74) is 0.675. The molecule has 0 amide bonds. The van der Waals surface area contributed by atoms with Crippen LogP contribution in [-0.4, -0.2) is 38.2 Å². The minimum absolute atomic E-state index is 0.0126. The highest BCUT2D eigenvalue weighted by Gasteiger charge is 2.12. The first kappa shape index (κ1) is 14.3. The summed E-state index contributed by atoms with van der Waals surface area (Å²) < 4.78 is 19.5. The van der Waals surface area contributed by atoms with Crippen molar-refractivity contribution in [1.82, 2.24) is 10.2 Å². The lowest BCUT2D eigenvalue weighted by atomic mass is 10.1. The zero-order valence-electron chi connectivity index (χ0n) is 11.8. The highest BCUT2D eigenvalue weighted by atomic mass is 19.1. The van der Waals surface area contributed by atoms with E-state index in [0.717, 1.165) is 19.6 Å². The fourth-order valence-corrected chi connectivity index (χ4v) is 2.40. The fourth-order valence-electron chi connectivity index (χ4n) is 2.40. The summed E-state index contributed by atoms with van der Waals surface area (Å²) in [4.78, 5) is 2.38. The minimum Gasteiger partial charge on any atom is -0.492 e. The summed E-state index contributed by atoms with van der Waals surface area (Å²) in [6.45, 7) is 5.82. The Hall–Kier alpha value is -1.13. The lowest BCUT2D eigenvalue weighted by molar-refractivity contribution is 0.237. The van der Waals surface area contributed by atoms with Gasteiger partial charge in [0.2, 0.25) is 0 Å². The van der Waals surface area contributed by atoms with Gasteiger partial charge in [-0.2, -0.15) is 0 Å². The van der Waals surface area contributed by atoms with Gasteiger partial charge >= 0.3 is 0 Å². The number of rotatable bonds is 6. The van der Waals surface area contributed by atoms with E-state index < -0.39 is 0 Å². The molecule has 1 N–H and O–H groups in total. The SMILES string of the molecule is CNC(C)c1ccc(OCCN2CCCC2)cc1F. The maximum Gasteiger partial charge on any atom is 0.131 e. The molecule has 106 valence electrons. The van der Waals surface area contributed by atoms with E-state index in [1.165, 1.54) is 18.9 Å². The Kier molecular flexibility index (Phi) is 5.16. The molecular formula is C15H23FN2O. The van der Waals surface area contributed by atoms with Crippen LogP contribution < -0.4 is 10.1 Å². The Labute approximate surface area is 114 Å². The van der Waals surface area contributed by atoms with E-state index in [1.807, 2.05) is 20.0 Å². The van der Waals surface area contributed by atoms with Crippen LogP contribution in [0.3, 0.4) is 0 Å². The van der Waals surface area contributed by atoms with Crippen molar-refractivity contribution in [1.29, 1.82) is 0 Å². The van der Waals surface area contributed by atoms with E-state index in [4.69, 9.17) is 4.74 Å². The van der Waals surface area contributed by atoms with Crippen LogP contribution in [0, 0.1) is 5.82 Å². The highest BCUT2D eigenvalue weighted by molar-refractivity contribution is 5.30. The Morgan fingerprint density at radius 1 is 1.37 bits per heavy atom. The van der Waals surface area contributed by atoms with Crippen LogP contribution in [0.1, 0.15) is 31.4 Å². The second-order valence-electron chi connectivity index (χ2n) is 5.09. The number of hydrogen-bond acceptors (Lipinski definition) is 3. The topological polar surface area (TPSA) is 24.5 Å². The number of nitrogens with one attached hydrogen (secondary N) is 1. The zero-order valence-corrected chi connectivity index (χ0v) is 11.8. The molecule has 0 bridgehead atoms. The average Bonchev–Trinajstić information content (AvgIpc) is 2.91. The Bertz CT molecular complexity index is 405. The van der Waals surface area contributed by atoms with E-state index in [9.17, 15) is 4.39 Å². The van der Waals surface area contributed by atoms with Gasteiger partial charge in [0.1, 0.15) is 18.2 Å². The number of nitrogens with zero attached hydrogens (tertiary/aromatic N) is 1. The van der Waals surface area contributed by atoms with Crippen LogP contribution in [0.15, 0.2) is 18.2 Å². The molecule has 1 aromatic rings. The molecule has 4 heteroatoms. The van der Waals surface area contributed by atoms with Gasteiger partial charge in [0.25, 0.3) is 0 Å². The van der Waals surface area contributed by atoms with Crippen molar-refractivity contribution in [2.45, 2.75) is 25.8 Å². The molecule has 0 aliphatic carbocycles. The summed E-state index contributed by atoms with van der Waals surface area (Å²) in [5.74, 6) is 0.407. The van der Waals surface area contributed by atoms with Crippen molar-refractivity contribution >= 4 is 0 Å². The molecule has 1 aliphatic heterocycles. The molecule has 1 heterocycles. The molecule has 1 aromatic carbocycles. The second-order valence-corrected chi connectivity index (χ2v) is 5.09. The summed E-state index contributed by atoms with van der Waals surface area (Å²) in [7, 11) is 1.82. The van der Waals surface area contributed by atoms with Crippen LogP contribution in [0.25, 0.3) is 0 Å². The molecule has 0 spiro atoms. The fraction of sp³-hybridized carbons (Fsp3) is 0.600. The van der Waals surface area contributed by atoms with Crippen LogP contribution in [0.2, 0.25) is 0 Å². The molecule has 1 unspecified atom stereocenters. The first-order chi connectivity index (χ1) is 9.20. The second kappa shape index (κ2) is 6.87. The van der Waals surface area contributed by atoms with E-state index in [0.29, 0.717) is 17.9 Å². The normalized spacial score (nSPS) is 17.6. The van der Waals surface area contributed by atoms with Gasteiger partial charge < -0.3 is 10.1 Å². The standard InChI is InChI=1S/C15H23FN2O/c1-12(17-2)14-6-5-13(11-15(14)16)19-10-9-18-7-3-4-8-18/h5-6,11-12,17H,3-4,7-10H2,1-2H3. The molecule has 0 radical (unpaired) electrons.